The van der Waals surface area contributed by atoms with Gasteiger partial charge in [-0.25, -0.2) is 4.98 Å². The fourth-order valence-electron chi connectivity index (χ4n) is 5.79. The predicted octanol–water partition coefficient (Wildman–Crippen LogP) is 4.09. The Morgan fingerprint density at radius 1 is 1.05 bits per heavy atom. The number of aromatic amines is 1. The number of fused-ring (bicyclic) bond motifs is 1. The van der Waals surface area contributed by atoms with Crippen LogP contribution in [0.3, 0.4) is 0 Å². The number of benzene rings is 1. The van der Waals surface area contributed by atoms with E-state index >= 15 is 0 Å². The lowest BCUT2D eigenvalue weighted by molar-refractivity contribution is -0.144. The van der Waals surface area contributed by atoms with Crippen LogP contribution < -0.4 is 5.56 Å². The Labute approximate surface area is 244 Å². The van der Waals surface area contributed by atoms with Gasteiger partial charge >= 0.3 is 5.97 Å². The first-order chi connectivity index (χ1) is 19.7. The van der Waals surface area contributed by atoms with Gasteiger partial charge in [0.15, 0.2) is 0 Å². The monoisotopic (exact) mass is 586 g/mol. The minimum atomic E-state index is -0.828. The summed E-state index contributed by atoms with van der Waals surface area (Å²) in [6.45, 7) is 2.68. The number of carbonyl (C=O) groups excluding carboxylic acids is 2. The number of carbonyl (C=O) groups is 3. The largest absolute Gasteiger partial charge is 0.481 e. The molecule has 0 saturated carbocycles. The van der Waals surface area contributed by atoms with Gasteiger partial charge in [-0.2, -0.15) is 0 Å². The zero-order valence-corrected chi connectivity index (χ0v) is 24.2. The topological polar surface area (TPSA) is 144 Å². The van der Waals surface area contributed by atoms with Crippen LogP contribution in [0, 0.1) is 0 Å². The van der Waals surface area contributed by atoms with Gasteiger partial charge in [0, 0.05) is 48.9 Å². The summed E-state index contributed by atoms with van der Waals surface area (Å²) in [5.41, 5.74) is 1.62. The van der Waals surface area contributed by atoms with Gasteiger partial charge in [-0.15, -0.1) is 0 Å². The first kappa shape index (κ1) is 30.7. The van der Waals surface area contributed by atoms with Crippen molar-refractivity contribution in [3.05, 3.63) is 50.9 Å². The molecule has 2 aliphatic rings. The summed E-state index contributed by atoms with van der Waals surface area (Å²) in [6.07, 6.45) is 4.97. The summed E-state index contributed by atoms with van der Waals surface area (Å²) in [6, 6.07) is 6.32. The summed E-state index contributed by atoms with van der Waals surface area (Å²) >= 11 is 6.03. The molecular formula is C30H39ClN4O6. The van der Waals surface area contributed by atoms with Crippen molar-refractivity contribution < 1.29 is 24.6 Å². The second kappa shape index (κ2) is 14.1. The first-order valence-corrected chi connectivity index (χ1v) is 14.9. The third kappa shape index (κ3) is 7.74. The molecular weight excluding hydrogens is 548 g/mol. The lowest BCUT2D eigenvalue weighted by Crippen LogP contribution is -2.50. The number of hydrogen-bond donors (Lipinski definition) is 3. The van der Waals surface area contributed by atoms with Crippen molar-refractivity contribution in [2.24, 2.45) is 0 Å². The normalized spacial score (nSPS) is 20.2. The number of nitrogens with zero attached hydrogens (tertiary/aromatic N) is 3. The minimum absolute atomic E-state index is 0.0955. The van der Waals surface area contributed by atoms with Gasteiger partial charge < -0.3 is 25.0 Å². The van der Waals surface area contributed by atoms with Crippen LogP contribution in [0.15, 0.2) is 29.1 Å². The number of aromatic nitrogens is 2. The molecule has 1 fully saturated rings. The Hall–Kier alpha value is -3.24. The maximum absolute atomic E-state index is 13.8. The quantitative estimate of drug-likeness (QED) is 0.318. The molecule has 4 rings (SSSR count). The number of unbranched alkanes of at least 4 members (excludes halogenated alkanes) is 4. The molecule has 0 radical (unpaired) electrons. The third-order valence-electron chi connectivity index (χ3n) is 7.98. The van der Waals surface area contributed by atoms with Crippen molar-refractivity contribution in [3.63, 3.8) is 0 Å². The van der Waals surface area contributed by atoms with E-state index in [0.717, 1.165) is 37.7 Å². The number of likely N-dealkylation sites (tertiary alicyclic amines) is 1. The van der Waals surface area contributed by atoms with E-state index in [1.54, 1.807) is 29.2 Å². The van der Waals surface area contributed by atoms with Crippen LogP contribution >= 0.6 is 11.6 Å². The SMILES string of the molecule is CCCCC1CN(C(=O)[C@@H]2C[C@@H](O)CN2C(=O)CCCCCCC(=O)O)Cc2c1nc(-c1ccc(Cl)cc1)[nH]c2=O. The molecule has 2 amide bonds. The highest BCUT2D eigenvalue weighted by Crippen LogP contribution is 2.32. The van der Waals surface area contributed by atoms with E-state index in [2.05, 4.69) is 11.9 Å². The number of H-pyrrole nitrogens is 1. The van der Waals surface area contributed by atoms with E-state index in [4.69, 9.17) is 21.7 Å². The molecule has 0 bridgehead atoms. The van der Waals surface area contributed by atoms with Gasteiger partial charge in [-0.3, -0.25) is 19.2 Å². The number of aliphatic hydroxyl groups excluding tert-OH is 1. The summed E-state index contributed by atoms with van der Waals surface area (Å²) < 4.78 is 0. The molecule has 1 unspecified atom stereocenters. The average molecular weight is 587 g/mol. The number of aliphatic carboxylic acids is 1. The van der Waals surface area contributed by atoms with Crippen molar-refractivity contribution in [2.75, 3.05) is 13.1 Å². The van der Waals surface area contributed by atoms with Crippen LogP contribution in [0.1, 0.15) is 88.3 Å². The molecule has 3 atom stereocenters. The van der Waals surface area contributed by atoms with Gasteiger partial charge in [0.1, 0.15) is 11.9 Å². The molecule has 41 heavy (non-hydrogen) atoms. The van der Waals surface area contributed by atoms with E-state index in [9.17, 15) is 24.3 Å². The lowest BCUT2D eigenvalue weighted by Gasteiger charge is -2.36. The van der Waals surface area contributed by atoms with Crippen LogP contribution in [0.2, 0.25) is 5.02 Å². The number of β-amino-alcohol motifs (C(OH)–C–C–N with tert-alkyl or cyclic N) is 1. The van der Waals surface area contributed by atoms with Crippen LogP contribution in [0.5, 0.6) is 0 Å². The van der Waals surface area contributed by atoms with Gasteiger partial charge in [-0.1, -0.05) is 44.2 Å². The van der Waals surface area contributed by atoms with Crippen LogP contribution in [0.25, 0.3) is 11.4 Å². The maximum atomic E-state index is 13.8. The first-order valence-electron chi connectivity index (χ1n) is 14.5. The average Bonchev–Trinajstić information content (AvgIpc) is 3.35. The number of nitrogens with one attached hydrogen (secondary N) is 1. The molecule has 0 spiro atoms. The smallest absolute Gasteiger partial charge is 0.303 e. The molecule has 222 valence electrons. The Balaban J connectivity index is 1.49. The highest BCUT2D eigenvalue weighted by molar-refractivity contribution is 6.30. The van der Waals surface area contributed by atoms with Gasteiger partial charge in [0.25, 0.3) is 5.56 Å². The molecule has 10 nitrogen and oxygen atoms in total. The molecule has 1 aromatic carbocycles. The van der Waals surface area contributed by atoms with E-state index < -0.39 is 18.1 Å². The summed E-state index contributed by atoms with van der Waals surface area (Å²) in [5.74, 6) is -0.942. The zero-order valence-electron chi connectivity index (χ0n) is 23.5. The van der Waals surface area contributed by atoms with Crippen molar-refractivity contribution in [1.29, 1.82) is 0 Å². The number of aliphatic hydroxyl groups is 1. The molecule has 0 aliphatic carbocycles. The fraction of sp³-hybridized carbons (Fsp3) is 0.567. The summed E-state index contributed by atoms with van der Waals surface area (Å²) in [5, 5.41) is 19.7. The highest BCUT2D eigenvalue weighted by atomic mass is 35.5. The molecule has 11 heteroatoms. The van der Waals surface area contributed by atoms with Crippen molar-refractivity contribution in [3.8, 4) is 11.4 Å². The molecule has 2 aromatic rings. The lowest BCUT2D eigenvalue weighted by atomic mass is 9.90. The van der Waals surface area contributed by atoms with Crippen molar-refractivity contribution in [2.45, 2.75) is 95.7 Å². The molecule has 1 saturated heterocycles. The van der Waals surface area contributed by atoms with Gasteiger partial charge in [0.2, 0.25) is 11.8 Å². The molecule has 3 heterocycles. The summed E-state index contributed by atoms with van der Waals surface area (Å²) in [7, 11) is 0. The number of rotatable bonds is 12. The predicted molar refractivity (Wildman–Crippen MR) is 154 cm³/mol. The number of halogens is 1. The van der Waals surface area contributed by atoms with Gasteiger partial charge in [-0.05, 0) is 43.5 Å². The minimum Gasteiger partial charge on any atom is -0.481 e. The Bertz CT molecular complexity index is 1300. The number of hydrogen-bond acceptors (Lipinski definition) is 6. The van der Waals surface area contributed by atoms with Crippen LogP contribution in [-0.4, -0.2) is 73.0 Å². The Kier molecular flexibility index (Phi) is 10.6. The molecule has 1 aromatic heterocycles. The molecule has 3 N–H and O–H groups in total. The van der Waals surface area contributed by atoms with Crippen LogP contribution in [0.4, 0.5) is 0 Å². The van der Waals surface area contributed by atoms with E-state index in [1.165, 1.54) is 4.90 Å². The number of carboxylic acid groups (broad SMARTS) is 1. The Morgan fingerprint density at radius 3 is 2.44 bits per heavy atom. The van der Waals surface area contributed by atoms with Crippen molar-refractivity contribution >= 4 is 29.4 Å². The van der Waals surface area contributed by atoms with Crippen molar-refractivity contribution in [1.82, 2.24) is 19.8 Å². The second-order valence-corrected chi connectivity index (χ2v) is 11.5. The number of carboxylic acids is 1. The van der Waals surface area contributed by atoms with Gasteiger partial charge in [0.05, 0.1) is 23.9 Å². The Morgan fingerprint density at radius 2 is 1.76 bits per heavy atom. The maximum Gasteiger partial charge on any atom is 0.303 e. The van der Waals surface area contributed by atoms with E-state index in [0.29, 0.717) is 41.5 Å². The van der Waals surface area contributed by atoms with Crippen LogP contribution in [-0.2, 0) is 20.9 Å². The standard InChI is InChI=1S/C30H39ClN4O6/c1-2-3-8-20-16-34(18-23-27(20)32-28(33-29(23)40)19-11-13-21(31)14-12-19)30(41)24-15-22(36)17-35(24)25(37)9-6-4-5-7-10-26(38)39/h11-14,20,22,24,36H,2-10,15-18H2,1H3,(H,38,39)(H,32,33,40)/t20?,22-,24+/m1/s1. The number of amides is 2. The highest BCUT2D eigenvalue weighted by Gasteiger charge is 2.42. The third-order valence-corrected chi connectivity index (χ3v) is 8.23. The molecule has 2 aliphatic heterocycles. The summed E-state index contributed by atoms with van der Waals surface area (Å²) in [4.78, 5) is 61.7. The second-order valence-electron chi connectivity index (χ2n) is 11.1. The fourth-order valence-corrected chi connectivity index (χ4v) is 5.91. The van der Waals surface area contributed by atoms with E-state index in [-0.39, 0.29) is 55.6 Å². The zero-order chi connectivity index (χ0) is 29.5. The van der Waals surface area contributed by atoms with E-state index in [1.807, 2.05) is 0 Å².